The Hall–Kier alpha value is -1.55. The van der Waals surface area contributed by atoms with Gasteiger partial charge in [0, 0.05) is 13.1 Å². The van der Waals surface area contributed by atoms with E-state index >= 15 is 0 Å². The van der Waals surface area contributed by atoms with Gasteiger partial charge in [-0.2, -0.15) is 0 Å². The van der Waals surface area contributed by atoms with E-state index in [1.807, 2.05) is 19.1 Å². The maximum Gasteiger partial charge on any atom is 0.310 e. The third-order valence-corrected chi connectivity index (χ3v) is 4.15. The standard InChI is InChI=1S/C17H25NO3/c1-13-9-14(2)11-15(10-13)21-8-4-6-18-7-5-17(3,12-18)16(19)20/h9-11H,4-8,12H2,1-3H3,(H,19,20). The fourth-order valence-corrected chi connectivity index (χ4v) is 2.92. The first-order chi connectivity index (χ1) is 9.89. The van der Waals surface area contributed by atoms with E-state index in [9.17, 15) is 9.90 Å². The van der Waals surface area contributed by atoms with Gasteiger partial charge in [-0.15, -0.1) is 0 Å². The molecule has 116 valence electrons. The van der Waals surface area contributed by atoms with Crippen LogP contribution >= 0.6 is 0 Å². The number of aliphatic carboxylic acids is 1. The van der Waals surface area contributed by atoms with Crippen molar-refractivity contribution in [3.05, 3.63) is 29.3 Å². The molecule has 1 aromatic rings. The molecule has 1 saturated heterocycles. The lowest BCUT2D eigenvalue weighted by atomic mass is 9.90. The monoisotopic (exact) mass is 291 g/mol. The molecule has 0 aliphatic carbocycles. The van der Waals surface area contributed by atoms with Gasteiger partial charge in [-0.25, -0.2) is 0 Å². The summed E-state index contributed by atoms with van der Waals surface area (Å²) in [5.41, 5.74) is 1.85. The van der Waals surface area contributed by atoms with Gasteiger partial charge in [-0.3, -0.25) is 4.79 Å². The Morgan fingerprint density at radius 1 is 1.33 bits per heavy atom. The van der Waals surface area contributed by atoms with E-state index in [1.54, 1.807) is 0 Å². The molecular weight excluding hydrogens is 266 g/mol. The Morgan fingerprint density at radius 3 is 2.57 bits per heavy atom. The number of aryl methyl sites for hydroxylation is 2. The number of hydrogen-bond acceptors (Lipinski definition) is 3. The van der Waals surface area contributed by atoms with Crippen molar-refractivity contribution >= 4 is 5.97 Å². The minimum Gasteiger partial charge on any atom is -0.494 e. The summed E-state index contributed by atoms with van der Waals surface area (Å²) in [6, 6.07) is 6.22. The Balaban J connectivity index is 1.72. The lowest BCUT2D eigenvalue weighted by Crippen LogP contribution is -2.32. The number of carboxylic acids is 1. The lowest BCUT2D eigenvalue weighted by molar-refractivity contribution is -0.147. The van der Waals surface area contributed by atoms with Gasteiger partial charge in [0.25, 0.3) is 0 Å². The van der Waals surface area contributed by atoms with E-state index in [2.05, 4.69) is 24.8 Å². The predicted molar refractivity (Wildman–Crippen MR) is 82.8 cm³/mol. The van der Waals surface area contributed by atoms with Gasteiger partial charge in [0.05, 0.1) is 12.0 Å². The molecule has 4 nitrogen and oxygen atoms in total. The lowest BCUT2D eigenvalue weighted by Gasteiger charge is -2.20. The number of carbonyl (C=O) groups is 1. The molecule has 1 unspecified atom stereocenters. The van der Waals surface area contributed by atoms with Gasteiger partial charge in [0.15, 0.2) is 0 Å². The number of benzene rings is 1. The second-order valence-corrected chi connectivity index (χ2v) is 6.42. The van der Waals surface area contributed by atoms with Crippen LogP contribution in [0.3, 0.4) is 0 Å². The number of carboxylic acid groups (broad SMARTS) is 1. The maximum atomic E-state index is 11.2. The average Bonchev–Trinajstić information content (AvgIpc) is 2.77. The van der Waals surface area contributed by atoms with Gasteiger partial charge >= 0.3 is 5.97 Å². The normalized spacial score (nSPS) is 22.4. The van der Waals surface area contributed by atoms with E-state index in [4.69, 9.17) is 4.74 Å². The number of ether oxygens (including phenoxy) is 1. The van der Waals surface area contributed by atoms with E-state index in [0.29, 0.717) is 13.2 Å². The quantitative estimate of drug-likeness (QED) is 0.819. The minimum absolute atomic E-state index is 0.575. The third kappa shape index (κ3) is 4.21. The molecule has 1 heterocycles. The van der Waals surface area contributed by atoms with Crippen LogP contribution in [0.2, 0.25) is 0 Å². The Bertz CT molecular complexity index is 495. The summed E-state index contributed by atoms with van der Waals surface area (Å²) >= 11 is 0. The molecule has 2 rings (SSSR count). The Morgan fingerprint density at radius 2 is 2.00 bits per heavy atom. The second-order valence-electron chi connectivity index (χ2n) is 6.42. The second kappa shape index (κ2) is 6.48. The largest absolute Gasteiger partial charge is 0.494 e. The summed E-state index contributed by atoms with van der Waals surface area (Å²) in [4.78, 5) is 13.4. The van der Waals surface area contributed by atoms with Crippen LogP contribution in [0.5, 0.6) is 5.75 Å². The van der Waals surface area contributed by atoms with Gasteiger partial charge in [-0.1, -0.05) is 6.07 Å². The Kier molecular flexibility index (Phi) is 4.88. The van der Waals surface area contributed by atoms with E-state index < -0.39 is 11.4 Å². The molecule has 1 N–H and O–H groups in total. The van der Waals surface area contributed by atoms with Crippen molar-refractivity contribution in [2.45, 2.75) is 33.6 Å². The number of nitrogens with zero attached hydrogens (tertiary/aromatic N) is 1. The van der Waals surface area contributed by atoms with E-state index in [-0.39, 0.29) is 0 Å². The number of rotatable bonds is 6. The van der Waals surface area contributed by atoms with Crippen LogP contribution in [0.25, 0.3) is 0 Å². The summed E-state index contributed by atoms with van der Waals surface area (Å²) in [5.74, 6) is 0.237. The first-order valence-corrected chi connectivity index (χ1v) is 7.56. The SMILES string of the molecule is Cc1cc(C)cc(OCCCN2CCC(C)(C(=O)O)C2)c1. The molecule has 0 spiro atoms. The van der Waals surface area contributed by atoms with Crippen molar-refractivity contribution in [2.24, 2.45) is 5.41 Å². The summed E-state index contributed by atoms with van der Waals surface area (Å²) in [7, 11) is 0. The summed E-state index contributed by atoms with van der Waals surface area (Å²) in [6.07, 6.45) is 1.66. The highest BCUT2D eigenvalue weighted by molar-refractivity contribution is 5.74. The van der Waals surface area contributed by atoms with Crippen molar-refractivity contribution in [1.82, 2.24) is 4.90 Å². The molecule has 1 aliphatic rings. The topological polar surface area (TPSA) is 49.8 Å². The molecule has 0 saturated carbocycles. The molecule has 1 atom stereocenters. The molecule has 1 fully saturated rings. The highest BCUT2D eigenvalue weighted by Crippen LogP contribution is 2.30. The molecule has 0 amide bonds. The fourth-order valence-electron chi connectivity index (χ4n) is 2.92. The molecular formula is C17H25NO3. The third-order valence-electron chi connectivity index (χ3n) is 4.15. The molecule has 0 bridgehead atoms. The molecule has 21 heavy (non-hydrogen) atoms. The first-order valence-electron chi connectivity index (χ1n) is 7.56. The summed E-state index contributed by atoms with van der Waals surface area (Å²) in [5, 5.41) is 9.21. The van der Waals surface area contributed by atoms with Crippen LogP contribution in [-0.4, -0.2) is 42.2 Å². The highest BCUT2D eigenvalue weighted by Gasteiger charge is 2.39. The molecule has 0 aromatic heterocycles. The van der Waals surface area contributed by atoms with Crippen LogP contribution in [0.4, 0.5) is 0 Å². The molecule has 1 aromatic carbocycles. The van der Waals surface area contributed by atoms with Crippen LogP contribution in [0.15, 0.2) is 18.2 Å². The van der Waals surface area contributed by atoms with Crippen LogP contribution in [0.1, 0.15) is 30.9 Å². The van der Waals surface area contributed by atoms with Gasteiger partial charge in [-0.05, 0) is 63.4 Å². The minimum atomic E-state index is -0.684. The van der Waals surface area contributed by atoms with Gasteiger partial charge < -0.3 is 14.7 Å². The van der Waals surface area contributed by atoms with Crippen molar-refractivity contribution in [3.8, 4) is 5.75 Å². The fraction of sp³-hybridized carbons (Fsp3) is 0.588. The smallest absolute Gasteiger partial charge is 0.310 e. The van der Waals surface area contributed by atoms with Crippen LogP contribution in [0, 0.1) is 19.3 Å². The van der Waals surface area contributed by atoms with E-state index in [1.165, 1.54) is 11.1 Å². The first kappa shape index (κ1) is 15.8. The van der Waals surface area contributed by atoms with Crippen molar-refractivity contribution in [2.75, 3.05) is 26.2 Å². The number of likely N-dealkylation sites (tertiary alicyclic amines) is 1. The average molecular weight is 291 g/mol. The molecule has 0 radical (unpaired) electrons. The zero-order valence-electron chi connectivity index (χ0n) is 13.2. The van der Waals surface area contributed by atoms with Crippen molar-refractivity contribution < 1.29 is 14.6 Å². The van der Waals surface area contributed by atoms with Crippen LogP contribution in [-0.2, 0) is 4.79 Å². The van der Waals surface area contributed by atoms with Gasteiger partial charge in [0.1, 0.15) is 5.75 Å². The summed E-state index contributed by atoms with van der Waals surface area (Å²) in [6.45, 7) is 9.05. The molecule has 4 heteroatoms. The van der Waals surface area contributed by atoms with Crippen molar-refractivity contribution in [1.29, 1.82) is 0 Å². The van der Waals surface area contributed by atoms with E-state index in [0.717, 1.165) is 31.7 Å². The highest BCUT2D eigenvalue weighted by atomic mass is 16.5. The zero-order chi connectivity index (χ0) is 15.5. The Labute approximate surface area is 126 Å². The predicted octanol–water partition coefficient (Wildman–Crippen LogP) is 2.87. The zero-order valence-corrected chi connectivity index (χ0v) is 13.2. The molecule has 1 aliphatic heterocycles. The van der Waals surface area contributed by atoms with Crippen molar-refractivity contribution in [3.63, 3.8) is 0 Å². The van der Waals surface area contributed by atoms with Crippen LogP contribution < -0.4 is 4.74 Å². The number of hydrogen-bond donors (Lipinski definition) is 1. The summed E-state index contributed by atoms with van der Waals surface area (Å²) < 4.78 is 5.78. The maximum absolute atomic E-state index is 11.2. The van der Waals surface area contributed by atoms with Gasteiger partial charge in [0.2, 0.25) is 0 Å².